The molecule has 1 N–H and O–H groups in total. The zero-order valence-corrected chi connectivity index (χ0v) is 13.6. The molecule has 0 atom stereocenters. The monoisotopic (exact) mass is 303 g/mol. The summed E-state index contributed by atoms with van der Waals surface area (Å²) in [5.41, 5.74) is 4.44. The lowest BCUT2D eigenvalue weighted by atomic mass is 10.2. The molecule has 5 nitrogen and oxygen atoms in total. The van der Waals surface area contributed by atoms with Crippen LogP contribution in [0.5, 0.6) is 0 Å². The third kappa shape index (κ3) is 4.40. The highest BCUT2D eigenvalue weighted by molar-refractivity contribution is 5.36. The molecule has 2 rings (SSSR count). The van der Waals surface area contributed by atoms with Crippen LogP contribution in [0.2, 0.25) is 0 Å². The van der Waals surface area contributed by atoms with Crippen LogP contribution in [0.1, 0.15) is 17.0 Å². The molecular weight excluding hydrogens is 278 g/mol. The van der Waals surface area contributed by atoms with E-state index in [9.17, 15) is 0 Å². The van der Waals surface area contributed by atoms with Crippen molar-refractivity contribution in [2.45, 2.75) is 20.4 Å². The van der Waals surface area contributed by atoms with Crippen molar-refractivity contribution < 1.29 is 9.84 Å². The van der Waals surface area contributed by atoms with E-state index in [0.29, 0.717) is 13.2 Å². The molecule has 2 aromatic rings. The predicted octanol–water partition coefficient (Wildman–Crippen LogP) is 1.93. The Bertz CT molecular complexity index is 578. The largest absolute Gasteiger partial charge is 0.395 e. The molecule has 1 aromatic heterocycles. The third-order valence-corrected chi connectivity index (χ3v) is 3.62. The van der Waals surface area contributed by atoms with Crippen LogP contribution < -0.4 is 0 Å². The van der Waals surface area contributed by atoms with Crippen molar-refractivity contribution >= 4 is 0 Å². The van der Waals surface area contributed by atoms with E-state index < -0.39 is 0 Å². The predicted molar refractivity (Wildman–Crippen MR) is 87.3 cm³/mol. The Morgan fingerprint density at radius 2 is 1.91 bits per heavy atom. The van der Waals surface area contributed by atoms with Crippen LogP contribution in [0.25, 0.3) is 5.69 Å². The van der Waals surface area contributed by atoms with Gasteiger partial charge in [0.15, 0.2) is 0 Å². The maximum Gasteiger partial charge on any atom is 0.0648 e. The molecule has 0 aliphatic carbocycles. The summed E-state index contributed by atoms with van der Waals surface area (Å²) in [6, 6.07) is 10.5. The van der Waals surface area contributed by atoms with Crippen molar-refractivity contribution in [2.24, 2.45) is 0 Å². The standard InChI is InChI=1S/C17H25N3O2/c1-14-12-15(2)20(18-14)17-6-4-16(5-7-17)13-19(8-10-21)9-11-22-3/h4-7,12,21H,8-11,13H2,1-3H3. The van der Waals surface area contributed by atoms with Gasteiger partial charge in [0.05, 0.1) is 24.6 Å². The second-order valence-corrected chi connectivity index (χ2v) is 5.50. The van der Waals surface area contributed by atoms with Crippen LogP contribution in [-0.2, 0) is 11.3 Å². The molecule has 0 unspecified atom stereocenters. The number of aliphatic hydroxyl groups excluding tert-OH is 1. The number of aromatic nitrogens is 2. The fourth-order valence-corrected chi connectivity index (χ4v) is 2.52. The summed E-state index contributed by atoms with van der Waals surface area (Å²) in [4.78, 5) is 2.18. The third-order valence-electron chi connectivity index (χ3n) is 3.62. The minimum Gasteiger partial charge on any atom is -0.395 e. The van der Waals surface area contributed by atoms with Gasteiger partial charge in [-0.25, -0.2) is 4.68 Å². The van der Waals surface area contributed by atoms with Crippen molar-refractivity contribution in [2.75, 3.05) is 33.4 Å². The Kier molecular flexibility index (Phi) is 6.12. The van der Waals surface area contributed by atoms with Crippen LogP contribution in [-0.4, -0.2) is 53.2 Å². The lowest BCUT2D eigenvalue weighted by molar-refractivity contribution is 0.127. The van der Waals surface area contributed by atoms with E-state index in [1.54, 1.807) is 7.11 Å². The van der Waals surface area contributed by atoms with Crippen LogP contribution in [0.4, 0.5) is 0 Å². The zero-order chi connectivity index (χ0) is 15.9. The Morgan fingerprint density at radius 3 is 2.45 bits per heavy atom. The number of methoxy groups -OCH3 is 1. The van der Waals surface area contributed by atoms with Gasteiger partial charge in [0, 0.05) is 32.4 Å². The van der Waals surface area contributed by atoms with E-state index in [2.05, 4.69) is 47.3 Å². The molecule has 22 heavy (non-hydrogen) atoms. The van der Waals surface area contributed by atoms with Crippen molar-refractivity contribution in [3.8, 4) is 5.69 Å². The van der Waals surface area contributed by atoms with Crippen LogP contribution in [0, 0.1) is 13.8 Å². The normalized spacial score (nSPS) is 11.3. The van der Waals surface area contributed by atoms with E-state index in [-0.39, 0.29) is 6.61 Å². The quantitative estimate of drug-likeness (QED) is 0.809. The molecule has 5 heteroatoms. The topological polar surface area (TPSA) is 50.5 Å². The number of benzene rings is 1. The Morgan fingerprint density at radius 1 is 1.18 bits per heavy atom. The van der Waals surface area contributed by atoms with Gasteiger partial charge in [0.25, 0.3) is 0 Å². The lowest BCUT2D eigenvalue weighted by Crippen LogP contribution is -2.29. The Hall–Kier alpha value is -1.69. The fourth-order valence-electron chi connectivity index (χ4n) is 2.52. The Labute approximate surface area is 132 Å². The average molecular weight is 303 g/mol. The molecular formula is C17H25N3O2. The first-order chi connectivity index (χ1) is 10.6. The number of aliphatic hydroxyl groups is 1. The lowest BCUT2D eigenvalue weighted by Gasteiger charge is -2.21. The van der Waals surface area contributed by atoms with Crippen LogP contribution in [0.3, 0.4) is 0 Å². The summed E-state index contributed by atoms with van der Waals surface area (Å²) < 4.78 is 7.07. The van der Waals surface area contributed by atoms with Crippen molar-refractivity contribution in [1.29, 1.82) is 0 Å². The molecule has 0 radical (unpaired) electrons. The number of rotatable bonds is 8. The van der Waals surface area contributed by atoms with Crippen molar-refractivity contribution in [1.82, 2.24) is 14.7 Å². The number of hydrogen-bond acceptors (Lipinski definition) is 4. The Balaban J connectivity index is 2.06. The second kappa shape index (κ2) is 8.08. The number of hydrogen-bond donors (Lipinski definition) is 1. The number of ether oxygens (including phenoxy) is 1. The molecule has 0 aliphatic rings. The van der Waals surface area contributed by atoms with E-state index in [1.807, 2.05) is 11.6 Å². The maximum absolute atomic E-state index is 9.15. The highest BCUT2D eigenvalue weighted by Crippen LogP contribution is 2.14. The summed E-state index contributed by atoms with van der Waals surface area (Å²) >= 11 is 0. The molecule has 1 heterocycles. The number of aryl methyl sites for hydroxylation is 2. The smallest absolute Gasteiger partial charge is 0.0648 e. The molecule has 0 bridgehead atoms. The van der Waals surface area contributed by atoms with Gasteiger partial charge < -0.3 is 9.84 Å². The van der Waals surface area contributed by atoms with Gasteiger partial charge in [-0.3, -0.25) is 4.90 Å². The first-order valence-corrected chi connectivity index (χ1v) is 7.58. The molecule has 0 amide bonds. The molecule has 0 saturated carbocycles. The van der Waals surface area contributed by atoms with Crippen LogP contribution >= 0.6 is 0 Å². The molecule has 120 valence electrons. The highest BCUT2D eigenvalue weighted by atomic mass is 16.5. The second-order valence-electron chi connectivity index (χ2n) is 5.50. The zero-order valence-electron chi connectivity index (χ0n) is 13.6. The van der Waals surface area contributed by atoms with E-state index in [4.69, 9.17) is 9.84 Å². The van der Waals surface area contributed by atoms with E-state index >= 15 is 0 Å². The summed E-state index contributed by atoms with van der Waals surface area (Å²) in [7, 11) is 1.69. The summed E-state index contributed by atoms with van der Waals surface area (Å²) in [5, 5.41) is 13.6. The first kappa shape index (κ1) is 16.7. The van der Waals surface area contributed by atoms with Gasteiger partial charge in [-0.1, -0.05) is 12.1 Å². The molecule has 0 fully saturated rings. The SMILES string of the molecule is COCCN(CCO)Cc1ccc(-n2nc(C)cc2C)cc1. The molecule has 1 aromatic carbocycles. The van der Waals surface area contributed by atoms with Crippen molar-refractivity contribution in [3.63, 3.8) is 0 Å². The van der Waals surface area contributed by atoms with Gasteiger partial charge >= 0.3 is 0 Å². The van der Waals surface area contributed by atoms with Crippen molar-refractivity contribution in [3.05, 3.63) is 47.3 Å². The van der Waals surface area contributed by atoms with Crippen LogP contribution in [0.15, 0.2) is 30.3 Å². The molecule has 0 spiro atoms. The minimum atomic E-state index is 0.160. The molecule has 0 aliphatic heterocycles. The summed E-state index contributed by atoms with van der Waals surface area (Å²) in [5.74, 6) is 0. The number of nitrogens with zero attached hydrogens (tertiary/aromatic N) is 3. The van der Waals surface area contributed by atoms with Gasteiger partial charge in [0.1, 0.15) is 0 Å². The highest BCUT2D eigenvalue weighted by Gasteiger charge is 2.07. The van der Waals surface area contributed by atoms with E-state index in [1.165, 1.54) is 5.56 Å². The van der Waals surface area contributed by atoms with Gasteiger partial charge in [-0.05, 0) is 37.6 Å². The van der Waals surface area contributed by atoms with Gasteiger partial charge in [-0.2, -0.15) is 5.10 Å². The maximum atomic E-state index is 9.15. The first-order valence-electron chi connectivity index (χ1n) is 7.58. The minimum absolute atomic E-state index is 0.160. The summed E-state index contributed by atoms with van der Waals surface area (Å²) in [6.07, 6.45) is 0. The molecule has 0 saturated heterocycles. The van der Waals surface area contributed by atoms with Gasteiger partial charge in [-0.15, -0.1) is 0 Å². The average Bonchev–Trinajstić information content (AvgIpc) is 2.84. The van der Waals surface area contributed by atoms with E-state index in [0.717, 1.165) is 30.2 Å². The summed E-state index contributed by atoms with van der Waals surface area (Å²) in [6.45, 7) is 7.17. The van der Waals surface area contributed by atoms with Gasteiger partial charge in [0.2, 0.25) is 0 Å². The fraction of sp³-hybridized carbons (Fsp3) is 0.471.